The fourth-order valence-electron chi connectivity index (χ4n) is 2.66. The maximum atomic E-state index is 11.9. The molecule has 2 fully saturated rings. The Labute approximate surface area is 119 Å². The van der Waals surface area contributed by atoms with Crippen LogP contribution in [-0.4, -0.2) is 24.0 Å². The zero-order valence-corrected chi connectivity index (χ0v) is 12.3. The Morgan fingerprint density at radius 1 is 1.47 bits per heavy atom. The van der Waals surface area contributed by atoms with Gasteiger partial charge in [0.05, 0.1) is 8.66 Å². The normalized spacial score (nSPS) is 30.1. The Morgan fingerprint density at radius 2 is 2.29 bits per heavy atom. The van der Waals surface area contributed by atoms with Crippen LogP contribution < -0.4 is 10.6 Å². The monoisotopic (exact) mass is 336 g/mol. The van der Waals surface area contributed by atoms with Crippen molar-refractivity contribution in [3.05, 3.63) is 20.8 Å². The molecule has 0 saturated carbocycles. The second-order valence-corrected chi connectivity index (χ2v) is 6.93. The maximum Gasteiger partial charge on any atom is 0.261 e. The number of thiophene rings is 1. The molecule has 17 heavy (non-hydrogen) atoms. The highest BCUT2D eigenvalue weighted by molar-refractivity contribution is 9.11. The first-order valence-corrected chi connectivity index (χ1v) is 7.15. The SMILES string of the molecule is Cl.O=C(NC1CC2CCC1N2)c1ccc(Br)s1. The number of fused-ring (bicyclic) bond motifs is 2. The summed E-state index contributed by atoms with van der Waals surface area (Å²) in [5, 5.41) is 6.65. The average molecular weight is 338 g/mol. The summed E-state index contributed by atoms with van der Waals surface area (Å²) in [4.78, 5) is 12.7. The summed E-state index contributed by atoms with van der Waals surface area (Å²) in [6.07, 6.45) is 3.55. The summed E-state index contributed by atoms with van der Waals surface area (Å²) < 4.78 is 1.00. The molecule has 2 saturated heterocycles. The van der Waals surface area contributed by atoms with Crippen LogP contribution in [0.25, 0.3) is 0 Å². The molecule has 3 nitrogen and oxygen atoms in total. The minimum atomic E-state index is 0. The van der Waals surface area contributed by atoms with Gasteiger partial charge >= 0.3 is 0 Å². The molecule has 6 heteroatoms. The van der Waals surface area contributed by atoms with E-state index in [0.29, 0.717) is 18.1 Å². The van der Waals surface area contributed by atoms with Crippen molar-refractivity contribution in [3.63, 3.8) is 0 Å². The van der Waals surface area contributed by atoms with E-state index in [9.17, 15) is 4.79 Å². The van der Waals surface area contributed by atoms with Crippen LogP contribution >= 0.6 is 39.7 Å². The molecule has 0 aliphatic carbocycles. The number of hydrogen-bond acceptors (Lipinski definition) is 3. The molecular weight excluding hydrogens is 324 g/mol. The van der Waals surface area contributed by atoms with Gasteiger partial charge < -0.3 is 10.6 Å². The highest BCUT2D eigenvalue weighted by Gasteiger charge is 2.39. The van der Waals surface area contributed by atoms with E-state index in [1.807, 2.05) is 12.1 Å². The lowest BCUT2D eigenvalue weighted by Gasteiger charge is -2.20. The van der Waals surface area contributed by atoms with Crippen molar-refractivity contribution in [1.29, 1.82) is 0 Å². The number of carbonyl (C=O) groups excluding carboxylic acids is 1. The van der Waals surface area contributed by atoms with Gasteiger partial charge in [0.2, 0.25) is 0 Å². The molecule has 2 aliphatic heterocycles. The van der Waals surface area contributed by atoms with Gasteiger partial charge in [-0.25, -0.2) is 0 Å². The van der Waals surface area contributed by atoms with E-state index >= 15 is 0 Å². The van der Waals surface area contributed by atoms with Crippen molar-refractivity contribution in [2.75, 3.05) is 0 Å². The lowest BCUT2D eigenvalue weighted by Crippen LogP contribution is -2.42. The molecule has 2 N–H and O–H groups in total. The topological polar surface area (TPSA) is 41.1 Å². The summed E-state index contributed by atoms with van der Waals surface area (Å²) in [6, 6.07) is 5.23. The molecule has 3 heterocycles. The quantitative estimate of drug-likeness (QED) is 0.871. The number of rotatable bonds is 2. The second kappa shape index (κ2) is 5.26. The number of halogens is 2. The standard InChI is InChI=1S/C11H13BrN2OS.ClH/c12-10-4-3-9(16-10)11(15)14-8-5-6-1-2-7(8)13-6;/h3-4,6-8,13H,1-2,5H2,(H,14,15);1H. The van der Waals surface area contributed by atoms with Gasteiger partial charge in [-0.3, -0.25) is 4.79 Å². The second-order valence-electron chi connectivity index (χ2n) is 4.47. The molecule has 3 unspecified atom stereocenters. The molecular formula is C11H14BrClN2OS. The number of nitrogens with one attached hydrogen (secondary N) is 2. The molecule has 2 bridgehead atoms. The number of amides is 1. The minimum absolute atomic E-state index is 0. The predicted molar refractivity (Wildman–Crippen MR) is 75.1 cm³/mol. The Balaban J connectivity index is 0.00000108. The summed E-state index contributed by atoms with van der Waals surface area (Å²) in [5.41, 5.74) is 0. The molecule has 94 valence electrons. The first-order valence-electron chi connectivity index (χ1n) is 5.54. The Bertz CT molecular complexity index is 425. The van der Waals surface area contributed by atoms with Gasteiger partial charge in [0.25, 0.3) is 5.91 Å². The Kier molecular flexibility index (Phi) is 4.13. The molecule has 3 atom stereocenters. The zero-order chi connectivity index (χ0) is 11.1. The van der Waals surface area contributed by atoms with Crippen molar-refractivity contribution in [3.8, 4) is 0 Å². The third kappa shape index (κ3) is 2.67. The first-order chi connectivity index (χ1) is 7.72. The van der Waals surface area contributed by atoms with E-state index in [-0.39, 0.29) is 18.3 Å². The van der Waals surface area contributed by atoms with Crippen molar-refractivity contribution >= 4 is 45.6 Å². The first kappa shape index (κ1) is 13.3. The van der Waals surface area contributed by atoms with E-state index in [0.717, 1.165) is 15.1 Å². The summed E-state index contributed by atoms with van der Waals surface area (Å²) in [5.74, 6) is 0.0649. The van der Waals surface area contributed by atoms with E-state index in [4.69, 9.17) is 0 Å². The largest absolute Gasteiger partial charge is 0.347 e. The van der Waals surface area contributed by atoms with Gasteiger partial charge in [-0.15, -0.1) is 23.7 Å². The maximum absolute atomic E-state index is 11.9. The van der Waals surface area contributed by atoms with Gasteiger partial charge in [-0.1, -0.05) is 0 Å². The molecule has 1 aromatic rings. The zero-order valence-electron chi connectivity index (χ0n) is 9.11. The van der Waals surface area contributed by atoms with E-state index in [1.165, 1.54) is 24.2 Å². The van der Waals surface area contributed by atoms with Gasteiger partial charge in [0.1, 0.15) is 0 Å². The number of carbonyl (C=O) groups is 1. The van der Waals surface area contributed by atoms with Crippen molar-refractivity contribution < 1.29 is 4.79 Å². The van der Waals surface area contributed by atoms with Crippen molar-refractivity contribution in [2.24, 2.45) is 0 Å². The average Bonchev–Trinajstić information content (AvgIpc) is 2.92. The summed E-state index contributed by atoms with van der Waals surface area (Å²) in [7, 11) is 0. The molecule has 0 spiro atoms. The summed E-state index contributed by atoms with van der Waals surface area (Å²) >= 11 is 4.86. The predicted octanol–water partition coefficient (Wildman–Crippen LogP) is 2.56. The molecule has 0 aromatic carbocycles. The third-order valence-corrected chi connectivity index (χ3v) is 5.04. The van der Waals surface area contributed by atoms with Crippen LogP contribution in [-0.2, 0) is 0 Å². The van der Waals surface area contributed by atoms with Crippen molar-refractivity contribution in [1.82, 2.24) is 10.6 Å². The molecule has 0 radical (unpaired) electrons. The van der Waals surface area contributed by atoms with Crippen LogP contribution in [0.15, 0.2) is 15.9 Å². The van der Waals surface area contributed by atoms with Crippen LogP contribution in [0.1, 0.15) is 28.9 Å². The van der Waals surface area contributed by atoms with Gasteiger partial charge in [0.15, 0.2) is 0 Å². The third-order valence-electron chi connectivity index (χ3n) is 3.41. The Hall–Kier alpha value is -0.100. The molecule has 1 aromatic heterocycles. The van der Waals surface area contributed by atoms with Gasteiger partial charge in [0, 0.05) is 18.1 Å². The van der Waals surface area contributed by atoms with Crippen LogP contribution in [0, 0.1) is 0 Å². The summed E-state index contributed by atoms with van der Waals surface area (Å²) in [6.45, 7) is 0. The number of hydrogen-bond donors (Lipinski definition) is 2. The van der Waals surface area contributed by atoms with E-state index in [1.54, 1.807) is 0 Å². The smallest absolute Gasteiger partial charge is 0.261 e. The van der Waals surface area contributed by atoms with Gasteiger partial charge in [-0.05, 0) is 47.3 Å². The van der Waals surface area contributed by atoms with Gasteiger partial charge in [-0.2, -0.15) is 0 Å². The van der Waals surface area contributed by atoms with E-state index in [2.05, 4.69) is 26.6 Å². The van der Waals surface area contributed by atoms with Crippen LogP contribution in [0.4, 0.5) is 0 Å². The highest BCUT2D eigenvalue weighted by Crippen LogP contribution is 2.29. The van der Waals surface area contributed by atoms with Crippen LogP contribution in [0.2, 0.25) is 0 Å². The van der Waals surface area contributed by atoms with Crippen molar-refractivity contribution in [2.45, 2.75) is 37.4 Å². The van der Waals surface area contributed by atoms with Crippen LogP contribution in [0.5, 0.6) is 0 Å². The lowest BCUT2D eigenvalue weighted by molar-refractivity contribution is 0.0935. The van der Waals surface area contributed by atoms with Crippen LogP contribution in [0.3, 0.4) is 0 Å². The molecule has 3 rings (SSSR count). The fraction of sp³-hybridized carbons (Fsp3) is 0.545. The lowest BCUT2D eigenvalue weighted by atomic mass is 9.95. The fourth-order valence-corrected chi connectivity index (χ4v) is 3.95. The Morgan fingerprint density at radius 3 is 2.82 bits per heavy atom. The highest BCUT2D eigenvalue weighted by atomic mass is 79.9. The van der Waals surface area contributed by atoms with E-state index < -0.39 is 0 Å². The molecule has 2 aliphatic rings. The minimum Gasteiger partial charge on any atom is -0.347 e. The molecule has 1 amide bonds.